The fourth-order valence-corrected chi connectivity index (χ4v) is 1.35. The molecule has 1 rings (SSSR count). The van der Waals surface area contributed by atoms with Gasteiger partial charge in [0.25, 0.3) is 0 Å². The zero-order valence-corrected chi connectivity index (χ0v) is 8.41. The highest BCUT2D eigenvalue weighted by atomic mass is 19.1. The maximum atomic E-state index is 12.7. The Hall–Kier alpha value is -1.15. The van der Waals surface area contributed by atoms with E-state index in [0.29, 0.717) is 13.0 Å². The molecule has 0 heterocycles. The minimum atomic E-state index is -0.788. The molecule has 1 aromatic carbocycles. The van der Waals surface area contributed by atoms with Crippen LogP contribution in [-0.4, -0.2) is 12.7 Å². The van der Waals surface area contributed by atoms with E-state index in [1.54, 1.807) is 6.92 Å². The van der Waals surface area contributed by atoms with Crippen LogP contribution < -0.4 is 5.73 Å². The first kappa shape index (κ1) is 10.9. The number of alkyl halides is 1. The smallest absolute Gasteiger partial charge is 0.101 e. The van der Waals surface area contributed by atoms with Crippen LogP contribution in [0.3, 0.4) is 0 Å². The fourth-order valence-electron chi connectivity index (χ4n) is 1.35. The summed E-state index contributed by atoms with van der Waals surface area (Å²) in [5.74, 6) is 0. The molecule has 0 aliphatic rings. The number of benzene rings is 1. The van der Waals surface area contributed by atoms with Crippen molar-refractivity contribution in [3.8, 4) is 0 Å². The second-order valence-corrected chi connectivity index (χ2v) is 3.37. The van der Waals surface area contributed by atoms with Gasteiger partial charge in [0.15, 0.2) is 0 Å². The van der Waals surface area contributed by atoms with E-state index in [1.807, 2.05) is 36.4 Å². The van der Waals surface area contributed by atoms with Crippen molar-refractivity contribution in [2.24, 2.45) is 5.73 Å². The Balaban J connectivity index is 2.73. The lowest BCUT2D eigenvalue weighted by Crippen LogP contribution is -1.98. The van der Waals surface area contributed by atoms with Gasteiger partial charge in [0, 0.05) is 13.0 Å². The van der Waals surface area contributed by atoms with Crippen LogP contribution in [0.25, 0.3) is 6.08 Å². The Morgan fingerprint density at radius 1 is 1.50 bits per heavy atom. The van der Waals surface area contributed by atoms with E-state index in [0.717, 1.165) is 11.1 Å². The van der Waals surface area contributed by atoms with Gasteiger partial charge in [-0.05, 0) is 18.1 Å². The number of nitrogens with two attached hydrogens (primary N) is 1. The molecule has 76 valence electrons. The van der Waals surface area contributed by atoms with E-state index < -0.39 is 6.17 Å². The predicted molar refractivity (Wildman–Crippen MR) is 58.8 cm³/mol. The first-order valence-electron chi connectivity index (χ1n) is 4.82. The van der Waals surface area contributed by atoms with Crippen molar-refractivity contribution in [1.82, 2.24) is 0 Å². The van der Waals surface area contributed by atoms with E-state index in [1.165, 1.54) is 0 Å². The number of halogens is 1. The molecule has 1 unspecified atom stereocenters. The first-order valence-corrected chi connectivity index (χ1v) is 4.82. The predicted octanol–water partition coefficient (Wildman–Crippen LogP) is 2.56. The SMILES string of the molecule is CC(F)Cc1cccc(/C=C/CN)c1. The van der Waals surface area contributed by atoms with Crippen LogP contribution in [0.5, 0.6) is 0 Å². The molecule has 1 nitrogen and oxygen atoms in total. The van der Waals surface area contributed by atoms with Crippen molar-refractivity contribution in [2.45, 2.75) is 19.5 Å². The Bertz CT molecular complexity index is 305. The van der Waals surface area contributed by atoms with Crippen molar-refractivity contribution in [2.75, 3.05) is 6.54 Å². The van der Waals surface area contributed by atoms with Gasteiger partial charge in [-0.2, -0.15) is 0 Å². The lowest BCUT2D eigenvalue weighted by atomic mass is 10.1. The second-order valence-electron chi connectivity index (χ2n) is 3.37. The lowest BCUT2D eigenvalue weighted by Gasteiger charge is -2.03. The highest BCUT2D eigenvalue weighted by Gasteiger charge is 2.00. The van der Waals surface area contributed by atoms with Gasteiger partial charge in [-0.1, -0.05) is 36.4 Å². The summed E-state index contributed by atoms with van der Waals surface area (Å²) in [6.07, 6.45) is 3.53. The molecule has 0 aliphatic carbocycles. The Morgan fingerprint density at radius 2 is 2.29 bits per heavy atom. The van der Waals surface area contributed by atoms with Crippen LogP contribution in [-0.2, 0) is 6.42 Å². The topological polar surface area (TPSA) is 26.0 Å². The molecule has 0 amide bonds. The molecule has 2 N–H and O–H groups in total. The van der Waals surface area contributed by atoms with Crippen molar-refractivity contribution in [3.63, 3.8) is 0 Å². The highest BCUT2D eigenvalue weighted by molar-refractivity contribution is 5.50. The summed E-state index contributed by atoms with van der Waals surface area (Å²) in [5.41, 5.74) is 7.45. The van der Waals surface area contributed by atoms with Crippen LogP contribution in [0.15, 0.2) is 30.3 Å². The highest BCUT2D eigenvalue weighted by Crippen LogP contribution is 2.10. The maximum absolute atomic E-state index is 12.7. The molecule has 0 bridgehead atoms. The largest absolute Gasteiger partial charge is 0.327 e. The monoisotopic (exact) mass is 193 g/mol. The van der Waals surface area contributed by atoms with Crippen LogP contribution in [0.1, 0.15) is 18.1 Å². The van der Waals surface area contributed by atoms with Crippen molar-refractivity contribution in [3.05, 3.63) is 41.5 Å². The molecule has 2 heteroatoms. The van der Waals surface area contributed by atoms with Crippen molar-refractivity contribution in [1.29, 1.82) is 0 Å². The quantitative estimate of drug-likeness (QED) is 0.781. The Labute approximate surface area is 84.4 Å². The third-order valence-corrected chi connectivity index (χ3v) is 1.91. The van der Waals surface area contributed by atoms with Gasteiger partial charge in [-0.25, -0.2) is 4.39 Å². The van der Waals surface area contributed by atoms with Crippen molar-refractivity contribution < 1.29 is 4.39 Å². The first-order chi connectivity index (χ1) is 6.72. The van der Waals surface area contributed by atoms with Gasteiger partial charge in [0.05, 0.1) is 0 Å². The van der Waals surface area contributed by atoms with Gasteiger partial charge in [0.2, 0.25) is 0 Å². The fraction of sp³-hybridized carbons (Fsp3) is 0.333. The van der Waals surface area contributed by atoms with E-state index in [2.05, 4.69) is 0 Å². The molecule has 0 saturated carbocycles. The Kier molecular flexibility index (Phi) is 4.33. The van der Waals surface area contributed by atoms with E-state index in [-0.39, 0.29) is 0 Å². The van der Waals surface area contributed by atoms with E-state index >= 15 is 0 Å². The van der Waals surface area contributed by atoms with Crippen LogP contribution in [0, 0.1) is 0 Å². The molecule has 0 spiro atoms. The van der Waals surface area contributed by atoms with Gasteiger partial charge >= 0.3 is 0 Å². The summed E-state index contributed by atoms with van der Waals surface area (Å²) in [6.45, 7) is 2.10. The molecule has 1 aromatic rings. The van der Waals surface area contributed by atoms with Gasteiger partial charge in [0.1, 0.15) is 6.17 Å². The number of hydrogen-bond donors (Lipinski definition) is 1. The van der Waals surface area contributed by atoms with E-state index in [9.17, 15) is 4.39 Å². The molecule has 0 aliphatic heterocycles. The van der Waals surface area contributed by atoms with Crippen molar-refractivity contribution >= 4 is 6.08 Å². The van der Waals surface area contributed by atoms with Gasteiger partial charge in [-0.15, -0.1) is 0 Å². The average molecular weight is 193 g/mol. The molecule has 0 fully saturated rings. The van der Waals surface area contributed by atoms with Gasteiger partial charge < -0.3 is 5.73 Å². The minimum absolute atomic E-state index is 0.476. The molecular formula is C12H16FN. The third-order valence-electron chi connectivity index (χ3n) is 1.91. The molecule has 14 heavy (non-hydrogen) atoms. The lowest BCUT2D eigenvalue weighted by molar-refractivity contribution is 0.360. The normalized spacial score (nSPS) is 13.4. The van der Waals surface area contributed by atoms with Crippen LogP contribution in [0.2, 0.25) is 0 Å². The van der Waals surface area contributed by atoms with E-state index in [4.69, 9.17) is 5.73 Å². The molecule has 1 atom stereocenters. The standard InChI is InChI=1S/C12H16FN/c1-10(13)8-12-5-2-4-11(9-12)6-3-7-14/h2-6,9-10H,7-8,14H2,1H3/b6-3+. The summed E-state index contributed by atoms with van der Waals surface area (Å²) < 4.78 is 12.7. The third kappa shape index (κ3) is 3.71. The summed E-state index contributed by atoms with van der Waals surface area (Å²) in [7, 11) is 0. The second kappa shape index (κ2) is 5.55. The minimum Gasteiger partial charge on any atom is -0.327 e. The van der Waals surface area contributed by atoms with Gasteiger partial charge in [-0.3, -0.25) is 0 Å². The molecule has 0 radical (unpaired) electrons. The number of rotatable bonds is 4. The summed E-state index contributed by atoms with van der Waals surface area (Å²) in [6, 6.07) is 7.85. The molecule has 0 aromatic heterocycles. The maximum Gasteiger partial charge on any atom is 0.101 e. The molecule has 0 saturated heterocycles. The Morgan fingerprint density at radius 3 is 2.93 bits per heavy atom. The number of hydrogen-bond acceptors (Lipinski definition) is 1. The van der Waals surface area contributed by atoms with Crippen LogP contribution >= 0.6 is 0 Å². The average Bonchev–Trinajstić information content (AvgIpc) is 2.14. The summed E-state index contributed by atoms with van der Waals surface area (Å²) in [5, 5.41) is 0. The summed E-state index contributed by atoms with van der Waals surface area (Å²) in [4.78, 5) is 0. The van der Waals surface area contributed by atoms with Crippen LogP contribution in [0.4, 0.5) is 4.39 Å². The zero-order chi connectivity index (χ0) is 10.4. The summed E-state index contributed by atoms with van der Waals surface area (Å²) >= 11 is 0. The zero-order valence-electron chi connectivity index (χ0n) is 8.41. The molecular weight excluding hydrogens is 177 g/mol.